The van der Waals surface area contributed by atoms with Gasteiger partial charge in [0.2, 0.25) is 0 Å². The first-order chi connectivity index (χ1) is 6.96. The van der Waals surface area contributed by atoms with Crippen LogP contribution in [0.2, 0.25) is 0 Å². The molecular formula is C10H10F3NO. The number of benzene rings is 1. The number of halogens is 3. The molecule has 0 spiro atoms. The van der Waals surface area contributed by atoms with Gasteiger partial charge in [0, 0.05) is 6.04 Å². The molecule has 0 bridgehead atoms. The number of hydrogen-bond donors (Lipinski definition) is 1. The third-order valence-electron chi connectivity index (χ3n) is 2.47. The highest BCUT2D eigenvalue weighted by Gasteiger charge is 2.31. The lowest BCUT2D eigenvalue weighted by molar-refractivity contribution is -0.274. The summed E-state index contributed by atoms with van der Waals surface area (Å²) in [6.45, 7) is 0. The van der Waals surface area contributed by atoms with E-state index in [2.05, 4.69) is 4.74 Å². The van der Waals surface area contributed by atoms with Crippen LogP contribution in [0.5, 0.6) is 5.75 Å². The topological polar surface area (TPSA) is 35.2 Å². The highest BCUT2D eigenvalue weighted by Crippen LogP contribution is 2.33. The molecule has 1 aliphatic rings. The fourth-order valence-corrected chi connectivity index (χ4v) is 1.82. The van der Waals surface area contributed by atoms with E-state index in [9.17, 15) is 13.2 Å². The Morgan fingerprint density at radius 2 is 2.07 bits per heavy atom. The van der Waals surface area contributed by atoms with Gasteiger partial charge >= 0.3 is 6.36 Å². The van der Waals surface area contributed by atoms with Gasteiger partial charge in [0.25, 0.3) is 0 Å². The van der Waals surface area contributed by atoms with Crippen LogP contribution in [0.25, 0.3) is 0 Å². The zero-order valence-electron chi connectivity index (χ0n) is 7.84. The number of rotatable bonds is 1. The summed E-state index contributed by atoms with van der Waals surface area (Å²) in [7, 11) is 0. The lowest BCUT2D eigenvalue weighted by Crippen LogP contribution is -2.17. The van der Waals surface area contributed by atoms with Crippen molar-refractivity contribution in [2.45, 2.75) is 25.2 Å². The van der Waals surface area contributed by atoms with Crippen LogP contribution >= 0.6 is 0 Å². The zero-order valence-corrected chi connectivity index (χ0v) is 7.84. The molecule has 5 heteroatoms. The van der Waals surface area contributed by atoms with Crippen LogP contribution in [-0.2, 0) is 6.42 Å². The van der Waals surface area contributed by atoms with E-state index in [-0.39, 0.29) is 11.8 Å². The van der Waals surface area contributed by atoms with E-state index in [1.165, 1.54) is 12.1 Å². The smallest absolute Gasteiger partial charge is 0.406 e. The van der Waals surface area contributed by atoms with Gasteiger partial charge in [-0.1, -0.05) is 6.07 Å². The summed E-state index contributed by atoms with van der Waals surface area (Å²) in [5, 5.41) is 0. The lowest BCUT2D eigenvalue weighted by Gasteiger charge is -2.10. The van der Waals surface area contributed by atoms with E-state index in [1.807, 2.05) is 0 Å². The summed E-state index contributed by atoms with van der Waals surface area (Å²) in [5.41, 5.74) is 7.53. The SMILES string of the molecule is N[C@@H]1CCc2cc(OC(F)(F)F)ccc21. The Balaban J connectivity index is 2.24. The Bertz CT molecular complexity index is 375. The first-order valence-corrected chi connectivity index (χ1v) is 4.60. The number of fused-ring (bicyclic) bond motifs is 1. The molecule has 1 aromatic carbocycles. The van der Waals surface area contributed by atoms with Crippen LogP contribution in [0.1, 0.15) is 23.6 Å². The maximum Gasteiger partial charge on any atom is 0.573 e. The number of hydrogen-bond acceptors (Lipinski definition) is 2. The van der Waals surface area contributed by atoms with Gasteiger partial charge in [-0.15, -0.1) is 13.2 Å². The summed E-state index contributed by atoms with van der Waals surface area (Å²) < 4.78 is 39.6. The molecule has 2 nitrogen and oxygen atoms in total. The molecule has 0 aliphatic heterocycles. The summed E-state index contributed by atoms with van der Waals surface area (Å²) in [5.74, 6) is -0.171. The highest BCUT2D eigenvalue weighted by molar-refractivity contribution is 5.40. The van der Waals surface area contributed by atoms with E-state index >= 15 is 0 Å². The average Bonchev–Trinajstić information content (AvgIpc) is 2.45. The second-order valence-electron chi connectivity index (χ2n) is 3.55. The van der Waals surface area contributed by atoms with Gasteiger partial charge in [0.05, 0.1) is 0 Å². The minimum atomic E-state index is -4.63. The molecule has 1 aromatic rings. The second-order valence-corrected chi connectivity index (χ2v) is 3.55. The summed E-state index contributed by atoms with van der Waals surface area (Å²) >= 11 is 0. The average molecular weight is 217 g/mol. The molecule has 2 N–H and O–H groups in total. The standard InChI is InChI=1S/C10H10F3NO/c11-10(12,13)15-7-2-3-8-6(5-7)1-4-9(8)14/h2-3,5,9H,1,4,14H2/t9-/m1/s1. The van der Waals surface area contributed by atoms with Crippen LogP contribution in [0, 0.1) is 0 Å². The quantitative estimate of drug-likeness (QED) is 0.784. The van der Waals surface area contributed by atoms with Gasteiger partial charge in [-0.3, -0.25) is 0 Å². The molecule has 0 heterocycles. The van der Waals surface area contributed by atoms with Crippen molar-refractivity contribution in [2.75, 3.05) is 0 Å². The van der Waals surface area contributed by atoms with Crippen molar-refractivity contribution in [3.05, 3.63) is 29.3 Å². The highest BCUT2D eigenvalue weighted by atomic mass is 19.4. The van der Waals surface area contributed by atoms with Crippen molar-refractivity contribution >= 4 is 0 Å². The van der Waals surface area contributed by atoms with Crippen LogP contribution in [-0.4, -0.2) is 6.36 Å². The minimum absolute atomic E-state index is 0.0556. The Morgan fingerprint density at radius 3 is 2.73 bits per heavy atom. The molecule has 0 unspecified atom stereocenters. The molecule has 0 fully saturated rings. The number of aryl methyl sites for hydroxylation is 1. The molecule has 0 radical (unpaired) electrons. The van der Waals surface area contributed by atoms with Gasteiger partial charge in [-0.25, -0.2) is 0 Å². The Labute approximate surface area is 84.8 Å². The second kappa shape index (κ2) is 3.41. The van der Waals surface area contributed by atoms with Gasteiger partial charge in [-0.2, -0.15) is 0 Å². The maximum atomic E-state index is 11.9. The molecule has 2 rings (SSSR count). The number of alkyl halides is 3. The Hall–Kier alpha value is -1.23. The van der Waals surface area contributed by atoms with Gasteiger partial charge in [-0.05, 0) is 36.1 Å². The molecule has 1 atom stereocenters. The van der Waals surface area contributed by atoms with Gasteiger partial charge in [0.1, 0.15) is 5.75 Å². The minimum Gasteiger partial charge on any atom is -0.406 e. The van der Waals surface area contributed by atoms with E-state index in [0.29, 0.717) is 6.42 Å². The summed E-state index contributed by atoms with van der Waals surface area (Å²) in [4.78, 5) is 0. The predicted octanol–water partition coefficient (Wildman–Crippen LogP) is 2.53. The zero-order chi connectivity index (χ0) is 11.1. The third kappa shape index (κ3) is 2.23. The molecule has 0 amide bonds. The third-order valence-corrected chi connectivity index (χ3v) is 2.47. The molecule has 0 aromatic heterocycles. The molecule has 1 aliphatic carbocycles. The molecule has 82 valence electrons. The van der Waals surface area contributed by atoms with Crippen molar-refractivity contribution < 1.29 is 17.9 Å². The van der Waals surface area contributed by atoms with E-state index in [0.717, 1.165) is 17.5 Å². The molecular weight excluding hydrogens is 207 g/mol. The first-order valence-electron chi connectivity index (χ1n) is 4.60. The number of ether oxygens (including phenoxy) is 1. The summed E-state index contributed by atoms with van der Waals surface area (Å²) in [6, 6.07) is 4.27. The molecule has 15 heavy (non-hydrogen) atoms. The summed E-state index contributed by atoms with van der Waals surface area (Å²) in [6.07, 6.45) is -3.13. The van der Waals surface area contributed by atoms with Crippen molar-refractivity contribution in [1.29, 1.82) is 0 Å². The van der Waals surface area contributed by atoms with Crippen LogP contribution in [0.4, 0.5) is 13.2 Å². The molecule has 0 saturated heterocycles. The Kier molecular flexibility index (Phi) is 2.34. The van der Waals surface area contributed by atoms with Crippen molar-refractivity contribution in [2.24, 2.45) is 5.73 Å². The first kappa shape index (κ1) is 10.3. The van der Waals surface area contributed by atoms with E-state index in [1.54, 1.807) is 6.07 Å². The normalized spacial score (nSPS) is 20.1. The lowest BCUT2D eigenvalue weighted by atomic mass is 10.1. The molecule has 0 saturated carbocycles. The largest absolute Gasteiger partial charge is 0.573 e. The predicted molar refractivity (Wildman–Crippen MR) is 48.4 cm³/mol. The van der Waals surface area contributed by atoms with Crippen molar-refractivity contribution in [3.8, 4) is 5.75 Å². The van der Waals surface area contributed by atoms with E-state index in [4.69, 9.17) is 5.73 Å². The fraction of sp³-hybridized carbons (Fsp3) is 0.400. The van der Waals surface area contributed by atoms with Crippen molar-refractivity contribution in [1.82, 2.24) is 0 Å². The van der Waals surface area contributed by atoms with Crippen molar-refractivity contribution in [3.63, 3.8) is 0 Å². The Morgan fingerprint density at radius 1 is 1.33 bits per heavy atom. The van der Waals surface area contributed by atoms with Gasteiger partial charge in [0.15, 0.2) is 0 Å². The maximum absolute atomic E-state index is 11.9. The van der Waals surface area contributed by atoms with Crippen LogP contribution in [0.3, 0.4) is 0 Å². The number of nitrogens with two attached hydrogens (primary N) is 1. The van der Waals surface area contributed by atoms with E-state index < -0.39 is 6.36 Å². The van der Waals surface area contributed by atoms with Crippen LogP contribution in [0.15, 0.2) is 18.2 Å². The van der Waals surface area contributed by atoms with Crippen LogP contribution < -0.4 is 10.5 Å². The van der Waals surface area contributed by atoms with Gasteiger partial charge < -0.3 is 10.5 Å². The monoisotopic (exact) mass is 217 g/mol. The fourth-order valence-electron chi connectivity index (χ4n) is 1.82.